The minimum absolute atomic E-state index is 0. The van der Waals surface area contributed by atoms with E-state index in [0.717, 1.165) is 25.8 Å². The summed E-state index contributed by atoms with van der Waals surface area (Å²) < 4.78 is 0. The highest BCUT2D eigenvalue weighted by Gasteiger charge is 2.40. The SMILES string of the molecule is Cl.NC[C@H]1CCC[C@H]1C(=O)N(Cc1cccs1)C1CC1. The topological polar surface area (TPSA) is 46.3 Å². The van der Waals surface area contributed by atoms with Gasteiger partial charge in [0.1, 0.15) is 0 Å². The number of halogens is 1. The average molecular weight is 315 g/mol. The molecule has 0 aromatic carbocycles. The average Bonchev–Trinajstić information content (AvgIpc) is 2.95. The molecular weight excluding hydrogens is 292 g/mol. The minimum Gasteiger partial charge on any atom is -0.334 e. The Hall–Kier alpha value is -0.580. The third kappa shape index (κ3) is 3.35. The van der Waals surface area contributed by atoms with Crippen molar-refractivity contribution < 1.29 is 4.79 Å². The second kappa shape index (κ2) is 6.92. The molecule has 3 nitrogen and oxygen atoms in total. The number of carbonyl (C=O) groups is 1. The first kappa shape index (κ1) is 15.8. The molecule has 0 radical (unpaired) electrons. The Morgan fingerprint density at radius 2 is 2.15 bits per heavy atom. The van der Waals surface area contributed by atoms with Gasteiger partial charge in [-0.2, -0.15) is 0 Å². The molecule has 20 heavy (non-hydrogen) atoms. The number of hydrogen-bond acceptors (Lipinski definition) is 3. The van der Waals surface area contributed by atoms with Gasteiger partial charge < -0.3 is 10.6 Å². The van der Waals surface area contributed by atoms with Crippen molar-refractivity contribution in [3.05, 3.63) is 22.4 Å². The van der Waals surface area contributed by atoms with Crippen LogP contribution in [0, 0.1) is 11.8 Å². The number of rotatable bonds is 5. The Kier molecular flexibility index (Phi) is 5.47. The maximum absolute atomic E-state index is 12.8. The summed E-state index contributed by atoms with van der Waals surface area (Å²) in [5.41, 5.74) is 5.82. The van der Waals surface area contributed by atoms with E-state index < -0.39 is 0 Å². The molecule has 112 valence electrons. The van der Waals surface area contributed by atoms with Gasteiger partial charge in [-0.3, -0.25) is 4.79 Å². The predicted molar refractivity (Wildman–Crippen MR) is 85.0 cm³/mol. The van der Waals surface area contributed by atoms with E-state index in [4.69, 9.17) is 5.73 Å². The van der Waals surface area contributed by atoms with Gasteiger partial charge in [-0.05, 0) is 49.6 Å². The lowest BCUT2D eigenvalue weighted by Gasteiger charge is -2.27. The van der Waals surface area contributed by atoms with Crippen molar-refractivity contribution in [2.45, 2.75) is 44.7 Å². The Morgan fingerprint density at radius 3 is 2.75 bits per heavy atom. The van der Waals surface area contributed by atoms with E-state index >= 15 is 0 Å². The number of hydrogen-bond donors (Lipinski definition) is 1. The van der Waals surface area contributed by atoms with E-state index in [2.05, 4.69) is 22.4 Å². The largest absolute Gasteiger partial charge is 0.334 e. The summed E-state index contributed by atoms with van der Waals surface area (Å²) in [4.78, 5) is 16.2. The summed E-state index contributed by atoms with van der Waals surface area (Å²) in [6.45, 7) is 1.46. The predicted octanol–water partition coefficient (Wildman–Crippen LogP) is 3.04. The highest BCUT2D eigenvalue weighted by atomic mass is 35.5. The number of carbonyl (C=O) groups excluding carboxylic acids is 1. The van der Waals surface area contributed by atoms with E-state index in [1.54, 1.807) is 11.3 Å². The molecule has 1 heterocycles. The molecule has 2 saturated carbocycles. The molecule has 0 aliphatic heterocycles. The first-order chi connectivity index (χ1) is 9.29. The van der Waals surface area contributed by atoms with Gasteiger partial charge >= 0.3 is 0 Å². The van der Waals surface area contributed by atoms with E-state index in [1.165, 1.54) is 17.7 Å². The fourth-order valence-electron chi connectivity index (χ4n) is 3.20. The molecule has 0 unspecified atom stereocenters. The molecule has 2 atom stereocenters. The van der Waals surface area contributed by atoms with Crippen LogP contribution in [0.15, 0.2) is 17.5 Å². The molecule has 3 rings (SSSR count). The van der Waals surface area contributed by atoms with Crippen molar-refractivity contribution in [1.29, 1.82) is 0 Å². The van der Waals surface area contributed by atoms with Gasteiger partial charge in [0.05, 0.1) is 6.54 Å². The van der Waals surface area contributed by atoms with Crippen LogP contribution in [0.5, 0.6) is 0 Å². The normalized spacial score (nSPS) is 25.2. The van der Waals surface area contributed by atoms with E-state index in [0.29, 0.717) is 24.4 Å². The van der Waals surface area contributed by atoms with Crippen molar-refractivity contribution in [3.8, 4) is 0 Å². The third-order valence-electron chi connectivity index (χ3n) is 4.46. The van der Waals surface area contributed by atoms with Crippen LogP contribution in [0.2, 0.25) is 0 Å². The smallest absolute Gasteiger partial charge is 0.226 e. The fraction of sp³-hybridized carbons (Fsp3) is 0.667. The first-order valence-electron chi connectivity index (χ1n) is 7.32. The highest BCUT2D eigenvalue weighted by Crippen LogP contribution is 2.37. The van der Waals surface area contributed by atoms with Crippen LogP contribution in [-0.4, -0.2) is 23.4 Å². The third-order valence-corrected chi connectivity index (χ3v) is 5.32. The van der Waals surface area contributed by atoms with Crippen LogP contribution < -0.4 is 5.73 Å². The molecule has 2 fully saturated rings. The van der Waals surface area contributed by atoms with E-state index in [-0.39, 0.29) is 18.3 Å². The second-order valence-electron chi connectivity index (χ2n) is 5.81. The van der Waals surface area contributed by atoms with Crippen molar-refractivity contribution in [2.24, 2.45) is 17.6 Å². The highest BCUT2D eigenvalue weighted by molar-refractivity contribution is 7.09. The van der Waals surface area contributed by atoms with Gasteiger partial charge in [-0.1, -0.05) is 12.5 Å². The lowest BCUT2D eigenvalue weighted by atomic mass is 9.94. The number of amides is 1. The van der Waals surface area contributed by atoms with Crippen LogP contribution >= 0.6 is 23.7 Å². The summed E-state index contributed by atoms with van der Waals surface area (Å²) in [5.74, 6) is 0.964. The number of nitrogens with two attached hydrogens (primary N) is 1. The summed E-state index contributed by atoms with van der Waals surface area (Å²) >= 11 is 1.74. The van der Waals surface area contributed by atoms with Gasteiger partial charge in [-0.25, -0.2) is 0 Å². The molecule has 1 amide bonds. The van der Waals surface area contributed by atoms with Crippen molar-refractivity contribution in [2.75, 3.05) is 6.54 Å². The van der Waals surface area contributed by atoms with Crippen molar-refractivity contribution in [1.82, 2.24) is 4.90 Å². The van der Waals surface area contributed by atoms with Gasteiger partial charge in [-0.15, -0.1) is 23.7 Å². The zero-order chi connectivity index (χ0) is 13.2. The maximum Gasteiger partial charge on any atom is 0.226 e. The molecule has 5 heteroatoms. The molecule has 2 aliphatic rings. The number of nitrogens with zero attached hydrogens (tertiary/aromatic N) is 1. The molecule has 2 N–H and O–H groups in total. The molecule has 1 aromatic heterocycles. The Bertz CT molecular complexity index is 433. The molecule has 0 bridgehead atoms. The summed E-state index contributed by atoms with van der Waals surface area (Å²) in [6, 6.07) is 4.68. The summed E-state index contributed by atoms with van der Waals surface area (Å²) in [6.07, 6.45) is 5.68. The van der Waals surface area contributed by atoms with Gasteiger partial charge in [0.2, 0.25) is 5.91 Å². The standard InChI is InChI=1S/C15H22N2OS.ClH/c16-9-11-3-1-5-14(11)15(18)17(12-6-7-12)10-13-4-2-8-19-13;/h2,4,8,11-12,14H,1,3,5-7,9-10,16H2;1H/t11-,14-;/m1./s1. The Balaban J connectivity index is 0.00000147. The molecule has 1 aromatic rings. The van der Waals surface area contributed by atoms with E-state index in [9.17, 15) is 4.79 Å². The van der Waals surface area contributed by atoms with Gasteiger partial charge in [0, 0.05) is 16.8 Å². The molecule has 0 saturated heterocycles. The van der Waals surface area contributed by atoms with Gasteiger partial charge in [0.25, 0.3) is 0 Å². The van der Waals surface area contributed by atoms with Crippen LogP contribution in [0.25, 0.3) is 0 Å². The van der Waals surface area contributed by atoms with Crippen LogP contribution in [0.3, 0.4) is 0 Å². The zero-order valence-corrected chi connectivity index (χ0v) is 13.3. The van der Waals surface area contributed by atoms with Gasteiger partial charge in [0.15, 0.2) is 0 Å². The first-order valence-corrected chi connectivity index (χ1v) is 8.20. The Morgan fingerprint density at radius 1 is 1.35 bits per heavy atom. The lowest BCUT2D eigenvalue weighted by molar-refractivity contribution is -0.137. The monoisotopic (exact) mass is 314 g/mol. The van der Waals surface area contributed by atoms with Crippen molar-refractivity contribution in [3.63, 3.8) is 0 Å². The van der Waals surface area contributed by atoms with Crippen molar-refractivity contribution >= 4 is 29.7 Å². The second-order valence-corrected chi connectivity index (χ2v) is 6.84. The van der Waals surface area contributed by atoms with Crippen LogP contribution in [-0.2, 0) is 11.3 Å². The quantitative estimate of drug-likeness (QED) is 0.908. The molecule has 0 spiro atoms. The minimum atomic E-state index is 0. The summed E-state index contributed by atoms with van der Waals surface area (Å²) in [5, 5.41) is 2.09. The maximum atomic E-state index is 12.8. The zero-order valence-electron chi connectivity index (χ0n) is 11.7. The number of thiophene rings is 1. The van der Waals surface area contributed by atoms with E-state index in [1.807, 2.05) is 0 Å². The Labute approximate surface area is 130 Å². The van der Waals surface area contributed by atoms with Crippen LogP contribution in [0.4, 0.5) is 0 Å². The fourth-order valence-corrected chi connectivity index (χ4v) is 3.90. The van der Waals surface area contributed by atoms with Crippen LogP contribution in [0.1, 0.15) is 37.0 Å². The summed E-state index contributed by atoms with van der Waals surface area (Å²) in [7, 11) is 0. The molecular formula is C15H23ClN2OS. The molecule has 2 aliphatic carbocycles. The lowest BCUT2D eigenvalue weighted by Crippen LogP contribution is -2.39.